The quantitative estimate of drug-likeness (QED) is 0.356. The normalized spacial score (nSPS) is 12.5. The maximum absolute atomic E-state index is 12.5. The Morgan fingerprint density at radius 1 is 0.955 bits per heavy atom. The minimum atomic E-state index is -1.72. The zero-order valence-corrected chi connectivity index (χ0v) is 10.9. The molecule has 2 aromatic carbocycles. The van der Waals surface area contributed by atoms with E-state index in [0.29, 0.717) is 0 Å². The van der Waals surface area contributed by atoms with E-state index in [0.717, 1.165) is 6.07 Å². The molecule has 22 heavy (non-hydrogen) atoms. The van der Waals surface area contributed by atoms with Crippen LogP contribution in [0.3, 0.4) is 0 Å². The van der Waals surface area contributed by atoms with Crippen LogP contribution in [0.4, 0.5) is 4.79 Å². The third kappa shape index (κ3) is 1.80. The van der Waals surface area contributed by atoms with Gasteiger partial charge in [0.05, 0.1) is 11.1 Å². The minimum Gasteiger partial charge on any atom is -0.504 e. The van der Waals surface area contributed by atoms with E-state index in [-0.39, 0.29) is 16.7 Å². The molecule has 0 unspecified atom stereocenters. The molecule has 0 spiro atoms. The van der Waals surface area contributed by atoms with Gasteiger partial charge in [-0.25, -0.2) is 4.79 Å². The number of hydrogen-bond acceptors (Lipinski definition) is 6. The summed E-state index contributed by atoms with van der Waals surface area (Å²) in [6, 6.07) is 6.69. The number of benzene rings is 2. The monoisotopic (exact) mass is 300 g/mol. The van der Waals surface area contributed by atoms with Crippen LogP contribution < -0.4 is 4.74 Å². The van der Waals surface area contributed by atoms with E-state index in [1.54, 1.807) is 12.1 Å². The molecule has 0 atom stereocenters. The predicted molar refractivity (Wildman–Crippen MR) is 71.7 cm³/mol. The smallest absolute Gasteiger partial charge is 0.504 e. The van der Waals surface area contributed by atoms with Crippen molar-refractivity contribution >= 4 is 17.7 Å². The zero-order valence-electron chi connectivity index (χ0n) is 10.9. The van der Waals surface area contributed by atoms with Gasteiger partial charge in [0, 0.05) is 17.2 Å². The lowest BCUT2D eigenvalue weighted by molar-refractivity contribution is 0.0971. The van der Waals surface area contributed by atoms with Gasteiger partial charge in [-0.2, -0.15) is 0 Å². The number of carboxylic acid groups (broad SMARTS) is 1. The van der Waals surface area contributed by atoms with E-state index < -0.39 is 40.5 Å². The summed E-state index contributed by atoms with van der Waals surface area (Å²) in [6.45, 7) is 0. The number of ketones is 2. The van der Waals surface area contributed by atoms with E-state index in [1.807, 2.05) is 0 Å². The lowest BCUT2D eigenvalue weighted by Crippen LogP contribution is -2.22. The first-order valence-electron chi connectivity index (χ1n) is 6.10. The lowest BCUT2D eigenvalue weighted by Gasteiger charge is -2.20. The molecule has 0 heterocycles. The van der Waals surface area contributed by atoms with Crippen LogP contribution >= 0.6 is 0 Å². The van der Waals surface area contributed by atoms with Gasteiger partial charge in [0.15, 0.2) is 23.1 Å². The highest BCUT2D eigenvalue weighted by atomic mass is 16.7. The van der Waals surface area contributed by atoms with Crippen LogP contribution in [0.25, 0.3) is 0 Å². The molecule has 3 rings (SSSR count). The molecule has 7 nitrogen and oxygen atoms in total. The number of rotatable bonds is 1. The van der Waals surface area contributed by atoms with Gasteiger partial charge >= 0.3 is 6.16 Å². The van der Waals surface area contributed by atoms with Gasteiger partial charge in [0.2, 0.25) is 0 Å². The fraction of sp³-hybridized carbons (Fsp3) is 0. The Hall–Kier alpha value is -3.35. The largest absolute Gasteiger partial charge is 0.511 e. The molecular weight excluding hydrogens is 292 g/mol. The van der Waals surface area contributed by atoms with E-state index in [1.165, 1.54) is 12.1 Å². The minimum absolute atomic E-state index is 0.0576. The summed E-state index contributed by atoms with van der Waals surface area (Å²) in [5, 5.41) is 28.2. The van der Waals surface area contributed by atoms with Crippen molar-refractivity contribution < 1.29 is 34.4 Å². The molecule has 0 aliphatic heterocycles. The van der Waals surface area contributed by atoms with Crippen LogP contribution in [0.15, 0.2) is 30.3 Å². The molecule has 0 saturated carbocycles. The number of aromatic hydroxyl groups is 2. The molecule has 0 saturated heterocycles. The molecule has 2 aromatic rings. The molecule has 0 radical (unpaired) electrons. The Morgan fingerprint density at radius 2 is 1.50 bits per heavy atom. The fourth-order valence-electron chi connectivity index (χ4n) is 2.40. The van der Waals surface area contributed by atoms with Gasteiger partial charge in [-0.05, 0) is 0 Å². The zero-order chi connectivity index (χ0) is 16.0. The van der Waals surface area contributed by atoms with Crippen molar-refractivity contribution in [2.24, 2.45) is 0 Å². The topological polar surface area (TPSA) is 121 Å². The van der Waals surface area contributed by atoms with Gasteiger partial charge in [-0.3, -0.25) is 9.59 Å². The second-order valence-corrected chi connectivity index (χ2v) is 4.56. The van der Waals surface area contributed by atoms with Crippen LogP contribution in [0, 0.1) is 0 Å². The number of carbonyl (C=O) groups excluding carboxylic acids is 2. The molecule has 110 valence electrons. The standard InChI is InChI=1S/C15H8O7/c16-8-5-9(22-15(20)21)10-11(14(8)19)13(18)7-4-2-1-3-6(7)12(10)17/h1-5,16,19H,(H,20,21). The summed E-state index contributed by atoms with van der Waals surface area (Å²) in [7, 11) is 0. The highest BCUT2D eigenvalue weighted by Crippen LogP contribution is 2.43. The highest BCUT2D eigenvalue weighted by Gasteiger charge is 2.36. The molecule has 1 aliphatic rings. The van der Waals surface area contributed by atoms with Crippen molar-refractivity contribution in [3.63, 3.8) is 0 Å². The van der Waals surface area contributed by atoms with Gasteiger partial charge < -0.3 is 20.1 Å². The SMILES string of the molecule is O=C(O)Oc1cc(O)c(O)c2c1C(=O)c1ccccc1C2=O. The molecule has 0 bridgehead atoms. The van der Waals surface area contributed by atoms with Crippen LogP contribution in [0.5, 0.6) is 17.2 Å². The summed E-state index contributed by atoms with van der Waals surface area (Å²) in [6.07, 6.45) is -1.72. The summed E-state index contributed by atoms with van der Waals surface area (Å²) in [5.41, 5.74) is -0.733. The molecule has 7 heteroatoms. The van der Waals surface area contributed by atoms with Crippen LogP contribution in [0.1, 0.15) is 31.8 Å². The molecular formula is C15H8O7. The van der Waals surface area contributed by atoms with Crippen molar-refractivity contribution in [1.29, 1.82) is 0 Å². The summed E-state index contributed by atoms with van der Waals surface area (Å²) in [4.78, 5) is 35.7. The van der Waals surface area contributed by atoms with Gasteiger partial charge in [-0.1, -0.05) is 24.3 Å². The van der Waals surface area contributed by atoms with Crippen LogP contribution in [-0.2, 0) is 0 Å². The Bertz CT molecular complexity index is 851. The molecule has 0 fully saturated rings. The maximum Gasteiger partial charge on any atom is 0.511 e. The predicted octanol–water partition coefficient (Wildman–Crippen LogP) is 1.93. The number of fused-ring (bicyclic) bond motifs is 2. The third-order valence-electron chi connectivity index (χ3n) is 3.31. The first kappa shape index (κ1) is 13.6. The van der Waals surface area contributed by atoms with Crippen LogP contribution in [0.2, 0.25) is 0 Å². The fourth-order valence-corrected chi connectivity index (χ4v) is 2.40. The maximum atomic E-state index is 12.5. The van der Waals surface area contributed by atoms with E-state index in [9.17, 15) is 24.6 Å². The summed E-state index contributed by atoms with van der Waals surface area (Å²) in [5.74, 6) is -3.42. The van der Waals surface area contributed by atoms with E-state index >= 15 is 0 Å². The lowest BCUT2D eigenvalue weighted by atomic mass is 9.83. The second kappa shape index (κ2) is 4.59. The van der Waals surface area contributed by atoms with Gasteiger partial charge in [0.25, 0.3) is 0 Å². The number of hydrogen-bond donors (Lipinski definition) is 3. The molecule has 0 aromatic heterocycles. The van der Waals surface area contributed by atoms with Gasteiger partial charge in [0.1, 0.15) is 5.75 Å². The Labute approximate surface area is 123 Å². The average Bonchev–Trinajstić information content (AvgIpc) is 2.47. The van der Waals surface area contributed by atoms with Crippen molar-refractivity contribution in [3.05, 3.63) is 52.6 Å². The molecule has 0 amide bonds. The van der Waals surface area contributed by atoms with Crippen molar-refractivity contribution in [2.45, 2.75) is 0 Å². The second-order valence-electron chi connectivity index (χ2n) is 4.56. The number of ether oxygens (including phenoxy) is 1. The summed E-state index contributed by atoms with van der Waals surface area (Å²) >= 11 is 0. The number of phenols is 2. The Morgan fingerprint density at radius 3 is 2.05 bits per heavy atom. The first-order valence-corrected chi connectivity index (χ1v) is 6.10. The molecule has 3 N–H and O–H groups in total. The Kier molecular flexibility index (Phi) is 2.84. The van der Waals surface area contributed by atoms with Crippen molar-refractivity contribution in [2.75, 3.05) is 0 Å². The first-order chi connectivity index (χ1) is 10.4. The average molecular weight is 300 g/mol. The van der Waals surface area contributed by atoms with E-state index in [2.05, 4.69) is 4.74 Å². The molecule has 1 aliphatic carbocycles. The van der Waals surface area contributed by atoms with Crippen molar-refractivity contribution in [1.82, 2.24) is 0 Å². The number of phenolic OH excluding ortho intramolecular Hbond substituents is 2. The highest BCUT2D eigenvalue weighted by molar-refractivity contribution is 6.30. The van der Waals surface area contributed by atoms with E-state index in [4.69, 9.17) is 5.11 Å². The van der Waals surface area contributed by atoms with Gasteiger partial charge in [-0.15, -0.1) is 0 Å². The summed E-state index contributed by atoms with van der Waals surface area (Å²) < 4.78 is 4.45. The Balaban J connectivity index is 2.36. The van der Waals surface area contributed by atoms with Crippen LogP contribution in [-0.4, -0.2) is 33.0 Å². The number of carbonyl (C=O) groups is 3. The van der Waals surface area contributed by atoms with Crippen molar-refractivity contribution in [3.8, 4) is 17.2 Å². The third-order valence-corrected chi connectivity index (χ3v) is 3.31.